The van der Waals surface area contributed by atoms with Crippen molar-refractivity contribution in [3.63, 3.8) is 0 Å². The van der Waals surface area contributed by atoms with Crippen LogP contribution in [-0.2, 0) is 9.59 Å². The third-order valence-electron chi connectivity index (χ3n) is 4.42. The van der Waals surface area contributed by atoms with Gasteiger partial charge in [0.1, 0.15) is 0 Å². The Balaban J connectivity index is -0.000000372. The Labute approximate surface area is 195 Å². The van der Waals surface area contributed by atoms with Crippen LogP contribution in [0.15, 0.2) is 0 Å². The van der Waals surface area contributed by atoms with Gasteiger partial charge in [-0.3, -0.25) is 0 Å². The van der Waals surface area contributed by atoms with Crippen LogP contribution >= 0.6 is 0 Å². The van der Waals surface area contributed by atoms with Crippen LogP contribution in [0, 0.1) is 10.8 Å². The van der Waals surface area contributed by atoms with E-state index in [-0.39, 0.29) is 48.9 Å². The van der Waals surface area contributed by atoms with E-state index in [1.54, 1.807) is 27.7 Å². The number of hydrogen-bond acceptors (Lipinski definition) is 4. The molecule has 0 aromatic carbocycles. The summed E-state index contributed by atoms with van der Waals surface area (Å²) in [6, 6.07) is 0. The van der Waals surface area contributed by atoms with E-state index < -0.39 is 22.8 Å². The van der Waals surface area contributed by atoms with Gasteiger partial charge in [0.25, 0.3) is 0 Å². The summed E-state index contributed by atoms with van der Waals surface area (Å²) in [6.07, 6.45) is 10.5. The van der Waals surface area contributed by atoms with Crippen LogP contribution < -0.4 is 10.2 Å². The Morgan fingerprint density at radius 1 is 0.640 bits per heavy atom. The van der Waals surface area contributed by atoms with Gasteiger partial charge < -0.3 is 19.8 Å². The van der Waals surface area contributed by atoms with Gasteiger partial charge in [0.05, 0.1) is 0 Å². The van der Waals surface area contributed by atoms with Gasteiger partial charge in [0.15, 0.2) is 0 Å². The average molecular weight is 480 g/mol. The summed E-state index contributed by atoms with van der Waals surface area (Å²) in [5.74, 6) is -1.86. The van der Waals surface area contributed by atoms with Crippen molar-refractivity contribution in [3.05, 3.63) is 0 Å². The third kappa shape index (κ3) is 17.7. The Bertz CT molecular complexity index is 318. The van der Waals surface area contributed by atoms with Gasteiger partial charge in [-0.2, -0.15) is 0 Å². The van der Waals surface area contributed by atoms with Gasteiger partial charge in [-0.25, -0.2) is 0 Å². The van der Waals surface area contributed by atoms with Crippen molar-refractivity contribution < 1.29 is 19.8 Å². The first-order valence-electron chi connectivity index (χ1n) is 9.44. The van der Waals surface area contributed by atoms with Crippen LogP contribution in [-0.4, -0.2) is 60.8 Å². The smallest absolute Gasteiger partial charge is 0.550 e. The number of rotatable bonds is 12. The number of aliphatic carboxylic acids is 2. The van der Waals surface area contributed by atoms with Gasteiger partial charge in [0.2, 0.25) is 0 Å². The summed E-state index contributed by atoms with van der Waals surface area (Å²) in [4.78, 5) is 21.1. The molecule has 0 aliphatic carbocycles. The molecule has 0 aliphatic rings. The average Bonchev–Trinajstić information content (AvgIpc) is 2.48. The number of carboxylic acids is 2. The standard InChI is InChI=1S/2C10H20O2.Ba/c2*1-4-5-6-7-8-10(2,3)9(11)12;/h2*4-8H2,1-3H3,(H,11,12);/q;;+2/p-2. The van der Waals surface area contributed by atoms with Crippen LogP contribution in [0.2, 0.25) is 0 Å². The molecule has 25 heavy (non-hydrogen) atoms. The molecule has 0 aliphatic heterocycles. The van der Waals surface area contributed by atoms with Gasteiger partial charge in [-0.1, -0.05) is 92.9 Å². The second-order valence-corrected chi connectivity index (χ2v) is 7.96. The summed E-state index contributed by atoms with van der Waals surface area (Å²) in [6.45, 7) is 11.2. The molecule has 0 saturated heterocycles. The normalized spacial score (nSPS) is 11.1. The second-order valence-electron chi connectivity index (χ2n) is 7.96. The van der Waals surface area contributed by atoms with Gasteiger partial charge >= 0.3 is 48.9 Å². The molecule has 4 nitrogen and oxygen atoms in total. The Morgan fingerprint density at radius 3 is 1.12 bits per heavy atom. The van der Waals surface area contributed by atoms with Crippen molar-refractivity contribution in [2.45, 2.75) is 106 Å². The van der Waals surface area contributed by atoms with Gasteiger partial charge in [-0.15, -0.1) is 0 Å². The molecule has 0 N–H and O–H groups in total. The number of carbonyl (C=O) groups excluding carboxylic acids is 2. The van der Waals surface area contributed by atoms with Crippen LogP contribution in [0.3, 0.4) is 0 Å². The molecule has 0 saturated carbocycles. The fraction of sp³-hybridized carbons (Fsp3) is 0.900. The monoisotopic (exact) mass is 480 g/mol. The van der Waals surface area contributed by atoms with E-state index >= 15 is 0 Å². The fourth-order valence-electron chi connectivity index (χ4n) is 2.19. The largest absolute Gasteiger partial charge is 2.00 e. The molecule has 144 valence electrons. The minimum atomic E-state index is -0.931. The zero-order valence-electron chi connectivity index (χ0n) is 17.4. The minimum absolute atomic E-state index is 0. The molecule has 0 rings (SSSR count). The quantitative estimate of drug-likeness (QED) is 0.318. The molecule has 5 heteroatoms. The van der Waals surface area contributed by atoms with Gasteiger partial charge in [0, 0.05) is 22.8 Å². The van der Waals surface area contributed by atoms with Crippen LogP contribution in [0.1, 0.15) is 106 Å². The molecule has 0 aromatic rings. The molecule has 0 fully saturated rings. The van der Waals surface area contributed by atoms with Crippen molar-refractivity contribution in [2.75, 3.05) is 0 Å². The van der Waals surface area contributed by atoms with E-state index in [9.17, 15) is 19.8 Å². The Hall–Kier alpha value is 0.511. The first kappa shape index (κ1) is 30.2. The molecule has 0 aromatic heterocycles. The van der Waals surface area contributed by atoms with E-state index in [2.05, 4.69) is 13.8 Å². The molecule has 0 heterocycles. The molecular weight excluding hydrogens is 442 g/mol. The third-order valence-corrected chi connectivity index (χ3v) is 4.42. The predicted molar refractivity (Wildman–Crippen MR) is 101 cm³/mol. The maximum absolute atomic E-state index is 10.6. The first-order chi connectivity index (χ1) is 11.0. The second kappa shape index (κ2) is 16.7. The van der Waals surface area contributed by atoms with Crippen molar-refractivity contribution in [1.29, 1.82) is 0 Å². The number of unbranched alkanes of at least 4 members (excludes halogenated alkanes) is 6. The number of hydrogen-bond donors (Lipinski definition) is 0. The number of carbonyl (C=O) groups is 2. The maximum Gasteiger partial charge on any atom is 2.00 e. The van der Waals surface area contributed by atoms with Crippen molar-refractivity contribution in [2.24, 2.45) is 10.8 Å². The van der Waals surface area contributed by atoms with E-state index in [0.717, 1.165) is 38.5 Å². The molecule has 0 radical (unpaired) electrons. The summed E-state index contributed by atoms with van der Waals surface area (Å²) in [5.41, 5.74) is -1.29. The Morgan fingerprint density at radius 2 is 0.920 bits per heavy atom. The molecule has 0 spiro atoms. The zero-order valence-corrected chi connectivity index (χ0v) is 21.9. The first-order valence-corrected chi connectivity index (χ1v) is 9.44. The summed E-state index contributed by atoms with van der Waals surface area (Å²) in [7, 11) is 0. The Kier molecular flexibility index (Phi) is 20.2. The van der Waals surface area contributed by atoms with Crippen LogP contribution in [0.25, 0.3) is 0 Å². The van der Waals surface area contributed by atoms with E-state index in [0.29, 0.717) is 0 Å². The van der Waals surface area contributed by atoms with Crippen molar-refractivity contribution >= 4 is 60.8 Å². The molecule has 0 amide bonds. The predicted octanol–water partition coefficient (Wildman–Crippen LogP) is 3.09. The van der Waals surface area contributed by atoms with Gasteiger partial charge in [-0.05, 0) is 12.8 Å². The van der Waals surface area contributed by atoms with E-state index in [1.807, 2.05) is 0 Å². The molecule has 0 unspecified atom stereocenters. The van der Waals surface area contributed by atoms with Crippen molar-refractivity contribution in [3.8, 4) is 0 Å². The van der Waals surface area contributed by atoms with E-state index in [4.69, 9.17) is 0 Å². The van der Waals surface area contributed by atoms with Crippen LogP contribution in [0.5, 0.6) is 0 Å². The summed E-state index contributed by atoms with van der Waals surface area (Å²) >= 11 is 0. The summed E-state index contributed by atoms with van der Waals surface area (Å²) < 4.78 is 0. The fourth-order valence-corrected chi connectivity index (χ4v) is 2.19. The topological polar surface area (TPSA) is 80.3 Å². The SMILES string of the molecule is CCCCCCC(C)(C)C(=O)[O-].CCCCCCC(C)(C)C(=O)[O-].[Ba+2]. The van der Waals surface area contributed by atoms with E-state index in [1.165, 1.54) is 25.7 Å². The molecular formula is C20H38BaO4. The van der Waals surface area contributed by atoms with Crippen LogP contribution in [0.4, 0.5) is 0 Å². The number of carboxylic acid groups (broad SMARTS) is 2. The molecule has 0 bridgehead atoms. The minimum Gasteiger partial charge on any atom is -0.550 e. The van der Waals surface area contributed by atoms with Crippen molar-refractivity contribution in [1.82, 2.24) is 0 Å². The zero-order chi connectivity index (χ0) is 19.2. The molecule has 0 atom stereocenters. The maximum atomic E-state index is 10.6. The summed E-state index contributed by atoms with van der Waals surface area (Å²) in [5, 5.41) is 21.1.